The van der Waals surface area contributed by atoms with Crippen molar-refractivity contribution in [3.8, 4) is 0 Å². The fourth-order valence-corrected chi connectivity index (χ4v) is 1.99. The highest BCUT2D eigenvalue weighted by Crippen LogP contribution is 2.19. The van der Waals surface area contributed by atoms with Gasteiger partial charge in [0.05, 0.1) is 0 Å². The van der Waals surface area contributed by atoms with Crippen molar-refractivity contribution in [1.29, 1.82) is 0 Å². The summed E-state index contributed by atoms with van der Waals surface area (Å²) in [5.41, 5.74) is 3.80. The van der Waals surface area contributed by atoms with Crippen molar-refractivity contribution in [1.82, 2.24) is 0 Å². The van der Waals surface area contributed by atoms with Crippen LogP contribution in [0.15, 0.2) is 65.7 Å². The third-order valence-corrected chi connectivity index (χ3v) is 3.01. The average molecular weight is 302 g/mol. The predicted molar refractivity (Wildman–Crippen MR) is 82.2 cm³/mol. The van der Waals surface area contributed by atoms with Gasteiger partial charge in [0.15, 0.2) is 0 Å². The molecule has 1 nitrogen and oxygen atoms in total. The van der Waals surface area contributed by atoms with Gasteiger partial charge in [-0.2, -0.15) is 0 Å². The van der Waals surface area contributed by atoms with E-state index in [0.29, 0.717) is 0 Å². The number of para-hydroxylation sites is 1. The molecule has 2 heteroatoms. The van der Waals surface area contributed by atoms with Crippen LogP contribution in [0.1, 0.15) is 11.1 Å². The summed E-state index contributed by atoms with van der Waals surface area (Å²) in [6.45, 7) is 4.58. The van der Waals surface area contributed by atoms with Crippen LogP contribution in [0.2, 0.25) is 0 Å². The maximum Gasteiger partial charge on any atom is 0.0460 e. The number of nitrogens with one attached hydrogen (secondary N) is 1. The zero-order chi connectivity index (χ0) is 12.8. The van der Waals surface area contributed by atoms with Crippen LogP contribution in [0.3, 0.4) is 0 Å². The maximum atomic E-state index is 3.84. The molecular formula is C16H16BrN. The van der Waals surface area contributed by atoms with E-state index in [1.165, 1.54) is 16.8 Å². The minimum absolute atomic E-state index is 0.742. The van der Waals surface area contributed by atoms with Gasteiger partial charge in [0.25, 0.3) is 0 Å². The smallest absolute Gasteiger partial charge is 0.0460 e. The molecule has 0 unspecified atom stereocenters. The van der Waals surface area contributed by atoms with Crippen molar-refractivity contribution < 1.29 is 0 Å². The first-order valence-corrected chi connectivity index (χ1v) is 6.74. The summed E-state index contributed by atoms with van der Waals surface area (Å²) < 4.78 is 0.956. The molecule has 0 fully saturated rings. The molecule has 0 spiro atoms. The first-order chi connectivity index (χ1) is 8.75. The Kier molecular flexibility index (Phi) is 4.59. The van der Waals surface area contributed by atoms with Crippen LogP contribution >= 0.6 is 15.9 Å². The van der Waals surface area contributed by atoms with Crippen molar-refractivity contribution in [3.63, 3.8) is 0 Å². The molecule has 0 aliphatic heterocycles. The van der Waals surface area contributed by atoms with Crippen LogP contribution in [0.4, 0.5) is 5.69 Å². The molecule has 2 rings (SSSR count). The molecule has 0 radical (unpaired) electrons. The lowest BCUT2D eigenvalue weighted by atomic mass is 10.0. The Morgan fingerprint density at radius 3 is 2.39 bits per heavy atom. The van der Waals surface area contributed by atoms with E-state index < -0.39 is 0 Å². The Bertz CT molecular complexity index is 520. The van der Waals surface area contributed by atoms with Crippen LogP contribution < -0.4 is 5.32 Å². The van der Waals surface area contributed by atoms with Crippen molar-refractivity contribution >= 4 is 21.6 Å². The fourth-order valence-electron chi connectivity index (χ4n) is 1.85. The number of benzene rings is 2. The summed E-state index contributed by atoms with van der Waals surface area (Å²) in [5.74, 6) is 0. The SMILES string of the molecule is C=C(Br)CNc1ccccc1Cc1ccccc1. The second-order valence-electron chi connectivity index (χ2n) is 4.19. The minimum Gasteiger partial charge on any atom is -0.380 e. The van der Waals surface area contributed by atoms with Gasteiger partial charge in [0.1, 0.15) is 0 Å². The second kappa shape index (κ2) is 6.41. The lowest BCUT2D eigenvalue weighted by Crippen LogP contribution is -2.03. The second-order valence-corrected chi connectivity index (χ2v) is 5.31. The lowest BCUT2D eigenvalue weighted by Gasteiger charge is -2.11. The van der Waals surface area contributed by atoms with Crippen molar-refractivity contribution in [2.75, 3.05) is 11.9 Å². The molecule has 0 amide bonds. The van der Waals surface area contributed by atoms with Crippen LogP contribution in [-0.2, 0) is 6.42 Å². The highest BCUT2D eigenvalue weighted by Gasteiger charge is 2.02. The highest BCUT2D eigenvalue weighted by molar-refractivity contribution is 9.11. The highest BCUT2D eigenvalue weighted by atomic mass is 79.9. The Morgan fingerprint density at radius 1 is 1.00 bits per heavy atom. The van der Waals surface area contributed by atoms with Gasteiger partial charge in [-0.3, -0.25) is 0 Å². The third-order valence-electron chi connectivity index (χ3n) is 2.73. The summed E-state index contributed by atoms with van der Waals surface area (Å²) in [6, 6.07) is 18.9. The topological polar surface area (TPSA) is 12.0 Å². The standard InChI is InChI=1S/C16H16BrN/c1-13(17)12-18-16-10-6-5-9-15(16)11-14-7-3-2-4-8-14/h2-10,18H,1,11-12H2. The van der Waals surface area contributed by atoms with E-state index in [9.17, 15) is 0 Å². The van der Waals surface area contributed by atoms with Gasteiger partial charge in [-0.25, -0.2) is 0 Å². The molecule has 0 atom stereocenters. The first-order valence-electron chi connectivity index (χ1n) is 5.94. The van der Waals surface area contributed by atoms with E-state index >= 15 is 0 Å². The molecule has 18 heavy (non-hydrogen) atoms. The van der Waals surface area contributed by atoms with Crippen molar-refractivity contribution in [3.05, 3.63) is 76.8 Å². The average Bonchev–Trinajstić information content (AvgIpc) is 2.39. The van der Waals surface area contributed by atoms with Crippen LogP contribution in [0.5, 0.6) is 0 Å². The van der Waals surface area contributed by atoms with E-state index in [4.69, 9.17) is 0 Å². The fraction of sp³-hybridized carbons (Fsp3) is 0.125. The molecule has 0 aliphatic rings. The van der Waals surface area contributed by atoms with E-state index in [1.807, 2.05) is 12.1 Å². The maximum absolute atomic E-state index is 3.84. The van der Waals surface area contributed by atoms with E-state index in [0.717, 1.165) is 17.4 Å². The van der Waals surface area contributed by atoms with Gasteiger partial charge in [-0.1, -0.05) is 71.0 Å². The zero-order valence-electron chi connectivity index (χ0n) is 10.2. The van der Waals surface area contributed by atoms with Crippen LogP contribution in [-0.4, -0.2) is 6.54 Å². The first kappa shape index (κ1) is 12.9. The van der Waals surface area contributed by atoms with Gasteiger partial charge in [0, 0.05) is 16.7 Å². The van der Waals surface area contributed by atoms with E-state index in [2.05, 4.69) is 70.3 Å². The van der Waals surface area contributed by atoms with Crippen molar-refractivity contribution in [2.24, 2.45) is 0 Å². The Labute approximate surface area is 117 Å². The Balaban J connectivity index is 2.14. The van der Waals surface area contributed by atoms with Gasteiger partial charge < -0.3 is 5.32 Å². The van der Waals surface area contributed by atoms with Gasteiger partial charge in [0.2, 0.25) is 0 Å². The third kappa shape index (κ3) is 3.74. The zero-order valence-corrected chi connectivity index (χ0v) is 11.8. The normalized spacial score (nSPS) is 10.1. The predicted octanol–water partition coefficient (Wildman–Crippen LogP) is 4.60. The summed E-state index contributed by atoms with van der Waals surface area (Å²) in [6.07, 6.45) is 0.943. The minimum atomic E-state index is 0.742. The molecule has 0 bridgehead atoms. The van der Waals surface area contributed by atoms with Crippen LogP contribution in [0.25, 0.3) is 0 Å². The molecule has 2 aromatic rings. The van der Waals surface area contributed by atoms with Crippen molar-refractivity contribution in [2.45, 2.75) is 6.42 Å². The molecule has 92 valence electrons. The lowest BCUT2D eigenvalue weighted by molar-refractivity contribution is 1.17. The molecule has 0 aliphatic carbocycles. The Hall–Kier alpha value is -1.54. The number of anilines is 1. The number of halogens is 1. The Morgan fingerprint density at radius 2 is 1.67 bits per heavy atom. The van der Waals surface area contributed by atoms with Gasteiger partial charge in [-0.15, -0.1) is 0 Å². The van der Waals surface area contributed by atoms with E-state index in [-0.39, 0.29) is 0 Å². The van der Waals surface area contributed by atoms with Crippen LogP contribution in [0, 0.1) is 0 Å². The van der Waals surface area contributed by atoms with Gasteiger partial charge >= 0.3 is 0 Å². The number of hydrogen-bond acceptors (Lipinski definition) is 1. The monoisotopic (exact) mass is 301 g/mol. The van der Waals surface area contributed by atoms with Gasteiger partial charge in [-0.05, 0) is 23.6 Å². The molecule has 1 N–H and O–H groups in total. The summed E-state index contributed by atoms with van der Waals surface area (Å²) >= 11 is 3.37. The molecule has 0 saturated heterocycles. The summed E-state index contributed by atoms with van der Waals surface area (Å²) in [4.78, 5) is 0. The summed E-state index contributed by atoms with van der Waals surface area (Å²) in [7, 11) is 0. The quantitative estimate of drug-likeness (QED) is 0.851. The van der Waals surface area contributed by atoms with E-state index in [1.54, 1.807) is 0 Å². The molecular weight excluding hydrogens is 286 g/mol. The molecule has 0 saturated carbocycles. The summed E-state index contributed by atoms with van der Waals surface area (Å²) in [5, 5.41) is 3.39. The number of rotatable bonds is 5. The molecule has 2 aromatic carbocycles. The largest absolute Gasteiger partial charge is 0.380 e. The molecule has 0 aromatic heterocycles. The molecule has 0 heterocycles. The number of hydrogen-bond donors (Lipinski definition) is 1.